The lowest BCUT2D eigenvalue weighted by Gasteiger charge is -2.30. The molecule has 1 saturated heterocycles. The largest absolute Gasteiger partial charge is 0.497 e. The van der Waals surface area contributed by atoms with E-state index < -0.39 is 5.97 Å². The van der Waals surface area contributed by atoms with E-state index in [1.807, 2.05) is 18.2 Å². The van der Waals surface area contributed by atoms with Crippen LogP contribution >= 0.6 is 11.3 Å². The number of rotatable bonds is 8. The van der Waals surface area contributed by atoms with Crippen LogP contribution in [0, 0.1) is 12.8 Å². The van der Waals surface area contributed by atoms with Crippen LogP contribution in [0.1, 0.15) is 35.3 Å². The molecule has 2 heterocycles. The SMILES string of the molecule is COc1cc(OC)cc(C(=CCCN2CCCC(C(=O)O)C2)c2sccc2C)c1. The number of ether oxygens (including phenoxy) is 2. The van der Waals surface area contributed by atoms with E-state index in [4.69, 9.17) is 9.47 Å². The maximum absolute atomic E-state index is 11.3. The van der Waals surface area contributed by atoms with E-state index in [-0.39, 0.29) is 5.92 Å². The molecule has 2 aromatic rings. The van der Waals surface area contributed by atoms with Crippen LogP contribution < -0.4 is 9.47 Å². The summed E-state index contributed by atoms with van der Waals surface area (Å²) in [5.41, 5.74) is 3.47. The molecule has 0 aliphatic carbocycles. The molecule has 1 atom stereocenters. The second-order valence-corrected chi connectivity index (χ2v) is 8.33. The molecule has 29 heavy (non-hydrogen) atoms. The molecule has 1 aliphatic rings. The number of hydrogen-bond donors (Lipinski definition) is 1. The highest BCUT2D eigenvalue weighted by atomic mass is 32.1. The van der Waals surface area contributed by atoms with E-state index in [1.54, 1.807) is 25.6 Å². The maximum atomic E-state index is 11.3. The van der Waals surface area contributed by atoms with Gasteiger partial charge >= 0.3 is 5.97 Å². The van der Waals surface area contributed by atoms with Crippen LogP contribution in [0.15, 0.2) is 35.7 Å². The molecule has 0 radical (unpaired) electrons. The molecular weight excluding hydrogens is 386 g/mol. The van der Waals surface area contributed by atoms with Crippen molar-refractivity contribution in [2.45, 2.75) is 26.2 Å². The van der Waals surface area contributed by atoms with Gasteiger partial charge in [-0.3, -0.25) is 4.79 Å². The lowest BCUT2D eigenvalue weighted by molar-refractivity contribution is -0.143. The molecule has 1 fully saturated rings. The van der Waals surface area contributed by atoms with Crippen molar-refractivity contribution in [2.75, 3.05) is 33.9 Å². The lowest BCUT2D eigenvalue weighted by Crippen LogP contribution is -2.39. The Bertz CT molecular complexity index is 851. The van der Waals surface area contributed by atoms with Gasteiger partial charge in [0.15, 0.2) is 0 Å². The Morgan fingerprint density at radius 1 is 1.28 bits per heavy atom. The van der Waals surface area contributed by atoms with Crippen molar-refractivity contribution in [1.29, 1.82) is 0 Å². The Hall–Kier alpha value is -2.31. The zero-order chi connectivity index (χ0) is 20.8. The molecule has 0 saturated carbocycles. The van der Waals surface area contributed by atoms with Crippen molar-refractivity contribution >= 4 is 22.9 Å². The molecular formula is C23H29NO4S. The summed E-state index contributed by atoms with van der Waals surface area (Å²) in [5.74, 6) is 0.609. The zero-order valence-corrected chi connectivity index (χ0v) is 18.1. The number of carboxylic acid groups (broad SMARTS) is 1. The van der Waals surface area contributed by atoms with E-state index in [9.17, 15) is 9.90 Å². The Balaban J connectivity index is 1.83. The van der Waals surface area contributed by atoms with Crippen LogP contribution in [-0.4, -0.2) is 49.8 Å². The Labute approximate surface area is 176 Å². The molecule has 5 nitrogen and oxygen atoms in total. The summed E-state index contributed by atoms with van der Waals surface area (Å²) in [4.78, 5) is 14.8. The third kappa shape index (κ3) is 5.40. The number of methoxy groups -OCH3 is 2. The van der Waals surface area contributed by atoms with Crippen LogP contribution in [0.4, 0.5) is 0 Å². The average molecular weight is 416 g/mol. The van der Waals surface area contributed by atoms with Crippen LogP contribution in [0.25, 0.3) is 5.57 Å². The quantitative estimate of drug-likeness (QED) is 0.678. The number of hydrogen-bond acceptors (Lipinski definition) is 5. The molecule has 156 valence electrons. The van der Waals surface area contributed by atoms with Gasteiger partial charge in [0.25, 0.3) is 0 Å². The normalized spacial score (nSPS) is 17.9. The maximum Gasteiger partial charge on any atom is 0.307 e. The van der Waals surface area contributed by atoms with Crippen LogP contribution in [0.5, 0.6) is 11.5 Å². The first-order valence-corrected chi connectivity index (χ1v) is 10.8. The monoisotopic (exact) mass is 415 g/mol. The lowest BCUT2D eigenvalue weighted by atomic mass is 9.97. The number of nitrogens with zero attached hydrogens (tertiary/aromatic N) is 1. The highest BCUT2D eigenvalue weighted by Crippen LogP contribution is 2.35. The minimum absolute atomic E-state index is 0.241. The number of likely N-dealkylation sites (tertiary alicyclic amines) is 1. The third-order valence-electron chi connectivity index (χ3n) is 5.42. The van der Waals surface area contributed by atoms with Gasteiger partial charge < -0.3 is 19.5 Å². The summed E-state index contributed by atoms with van der Waals surface area (Å²) in [6.45, 7) is 4.60. The minimum atomic E-state index is -0.677. The summed E-state index contributed by atoms with van der Waals surface area (Å²) in [6, 6.07) is 8.08. The molecule has 3 rings (SSSR count). The van der Waals surface area contributed by atoms with E-state index in [1.165, 1.54) is 16.0 Å². The predicted molar refractivity (Wildman–Crippen MR) is 117 cm³/mol. The van der Waals surface area contributed by atoms with Crippen molar-refractivity contribution in [3.8, 4) is 11.5 Å². The summed E-state index contributed by atoms with van der Waals surface area (Å²) in [7, 11) is 3.32. The molecule has 1 aromatic heterocycles. The smallest absolute Gasteiger partial charge is 0.307 e. The fourth-order valence-electron chi connectivity index (χ4n) is 3.80. The van der Waals surface area contributed by atoms with Crippen LogP contribution in [-0.2, 0) is 4.79 Å². The molecule has 0 spiro atoms. The van der Waals surface area contributed by atoms with Gasteiger partial charge in [0.2, 0.25) is 0 Å². The van der Waals surface area contributed by atoms with E-state index in [0.717, 1.165) is 49.4 Å². The number of carboxylic acids is 1. The molecule has 1 N–H and O–H groups in total. The van der Waals surface area contributed by atoms with Gasteiger partial charge in [-0.2, -0.15) is 0 Å². The number of carbonyl (C=O) groups is 1. The second kappa shape index (κ2) is 9.94. The van der Waals surface area contributed by atoms with Crippen molar-refractivity contribution in [1.82, 2.24) is 4.90 Å². The minimum Gasteiger partial charge on any atom is -0.497 e. The fourth-order valence-corrected chi connectivity index (χ4v) is 4.80. The van der Waals surface area contributed by atoms with Crippen molar-refractivity contribution in [2.24, 2.45) is 5.92 Å². The fraction of sp³-hybridized carbons (Fsp3) is 0.435. The summed E-state index contributed by atoms with van der Waals surface area (Å²) < 4.78 is 10.9. The third-order valence-corrected chi connectivity index (χ3v) is 6.47. The first-order chi connectivity index (χ1) is 14.0. The number of piperidine rings is 1. The standard InChI is InChI=1S/C23H29NO4S/c1-16-8-11-29-22(16)21(18-12-19(27-2)14-20(13-18)28-3)7-5-10-24-9-4-6-17(15-24)23(25)26/h7-8,11-14,17H,4-6,9-10,15H2,1-3H3,(H,25,26). The van der Waals surface area contributed by atoms with Crippen molar-refractivity contribution in [3.63, 3.8) is 0 Å². The van der Waals surface area contributed by atoms with Gasteiger partial charge in [0.1, 0.15) is 11.5 Å². The molecule has 1 aliphatic heterocycles. The number of aliphatic carboxylic acids is 1. The van der Waals surface area contributed by atoms with Gasteiger partial charge in [-0.25, -0.2) is 0 Å². The average Bonchev–Trinajstić information content (AvgIpc) is 3.16. The van der Waals surface area contributed by atoms with Gasteiger partial charge in [-0.05, 0) is 73.0 Å². The van der Waals surface area contributed by atoms with Gasteiger partial charge in [0.05, 0.1) is 20.1 Å². The highest BCUT2D eigenvalue weighted by molar-refractivity contribution is 7.11. The second-order valence-electron chi connectivity index (χ2n) is 7.42. The molecule has 6 heteroatoms. The number of benzene rings is 1. The van der Waals surface area contributed by atoms with Gasteiger partial charge in [-0.15, -0.1) is 11.3 Å². The van der Waals surface area contributed by atoms with E-state index >= 15 is 0 Å². The topological polar surface area (TPSA) is 59.0 Å². The Kier molecular flexibility index (Phi) is 7.34. The van der Waals surface area contributed by atoms with E-state index in [2.05, 4.69) is 29.3 Å². The molecule has 1 unspecified atom stereocenters. The predicted octanol–water partition coefficient (Wildman–Crippen LogP) is 4.69. The first kappa shape index (κ1) is 21.4. The highest BCUT2D eigenvalue weighted by Gasteiger charge is 2.24. The number of aryl methyl sites for hydroxylation is 1. The van der Waals surface area contributed by atoms with Crippen LogP contribution in [0.3, 0.4) is 0 Å². The Morgan fingerprint density at radius 2 is 2.00 bits per heavy atom. The Morgan fingerprint density at radius 3 is 2.59 bits per heavy atom. The first-order valence-electron chi connectivity index (χ1n) is 9.95. The molecule has 1 aromatic carbocycles. The van der Waals surface area contributed by atoms with Gasteiger partial charge in [0, 0.05) is 24.0 Å². The summed E-state index contributed by atoms with van der Waals surface area (Å²) in [5, 5.41) is 11.4. The zero-order valence-electron chi connectivity index (χ0n) is 17.3. The molecule has 0 amide bonds. The van der Waals surface area contributed by atoms with E-state index in [0.29, 0.717) is 6.54 Å². The summed E-state index contributed by atoms with van der Waals surface area (Å²) >= 11 is 1.73. The van der Waals surface area contributed by atoms with Gasteiger partial charge in [-0.1, -0.05) is 6.08 Å². The van der Waals surface area contributed by atoms with Crippen LogP contribution in [0.2, 0.25) is 0 Å². The summed E-state index contributed by atoms with van der Waals surface area (Å²) in [6.07, 6.45) is 4.85. The van der Waals surface area contributed by atoms with Crippen molar-refractivity contribution in [3.05, 3.63) is 51.7 Å². The molecule has 0 bridgehead atoms. The van der Waals surface area contributed by atoms with Crippen molar-refractivity contribution < 1.29 is 19.4 Å². The number of thiophene rings is 1.